The Morgan fingerprint density at radius 1 is 1.56 bits per heavy atom. The molecule has 1 unspecified atom stereocenters. The summed E-state index contributed by atoms with van der Waals surface area (Å²) >= 11 is 1.89. The van der Waals surface area contributed by atoms with Crippen LogP contribution in [0.25, 0.3) is 0 Å². The van der Waals surface area contributed by atoms with E-state index >= 15 is 0 Å². The lowest BCUT2D eigenvalue weighted by Crippen LogP contribution is -2.46. The number of hydrogen-bond donors (Lipinski definition) is 3. The van der Waals surface area contributed by atoms with Crippen LogP contribution in [0.5, 0.6) is 0 Å². The lowest BCUT2D eigenvalue weighted by atomic mass is 10.4. The summed E-state index contributed by atoms with van der Waals surface area (Å²) in [6, 6.07) is 0.363. The second-order valence-corrected chi connectivity index (χ2v) is 4.74. The molecule has 5 nitrogen and oxygen atoms in total. The monoisotopic (exact) mass is 248 g/mol. The highest BCUT2D eigenvalue weighted by molar-refractivity contribution is 7.99. The summed E-state index contributed by atoms with van der Waals surface area (Å²) in [5.74, 6) is 8.21. The fourth-order valence-electron chi connectivity index (χ4n) is 1.10. The zero-order chi connectivity index (χ0) is 12.2. The van der Waals surface area contributed by atoms with E-state index in [4.69, 9.17) is 10.6 Å². The number of guanidine groups is 1. The number of hydrogen-bond acceptors (Lipinski definition) is 4. The van der Waals surface area contributed by atoms with Crippen LogP contribution in [0.1, 0.15) is 20.3 Å². The van der Waals surface area contributed by atoms with Crippen molar-refractivity contribution in [2.75, 3.05) is 31.8 Å². The SMILES string of the molecule is CCSCC(C)NC(=NCCCOC)NN. The van der Waals surface area contributed by atoms with E-state index < -0.39 is 0 Å². The van der Waals surface area contributed by atoms with Gasteiger partial charge < -0.3 is 10.1 Å². The van der Waals surface area contributed by atoms with Gasteiger partial charge in [-0.25, -0.2) is 5.84 Å². The summed E-state index contributed by atoms with van der Waals surface area (Å²) < 4.78 is 4.95. The van der Waals surface area contributed by atoms with E-state index in [1.54, 1.807) is 7.11 Å². The molecule has 0 bridgehead atoms. The molecule has 16 heavy (non-hydrogen) atoms. The van der Waals surface area contributed by atoms with Gasteiger partial charge in [-0.2, -0.15) is 11.8 Å². The first-order valence-electron chi connectivity index (χ1n) is 5.58. The molecule has 96 valence electrons. The molecule has 0 amide bonds. The molecule has 0 aliphatic rings. The van der Waals surface area contributed by atoms with E-state index in [0.29, 0.717) is 18.5 Å². The van der Waals surface area contributed by atoms with Crippen LogP contribution in [0, 0.1) is 0 Å². The Bertz CT molecular complexity index is 190. The molecule has 0 saturated heterocycles. The van der Waals surface area contributed by atoms with Crippen molar-refractivity contribution in [3.8, 4) is 0 Å². The first kappa shape index (κ1) is 15.5. The van der Waals surface area contributed by atoms with Crippen molar-refractivity contribution >= 4 is 17.7 Å². The third kappa shape index (κ3) is 8.82. The molecule has 0 aliphatic heterocycles. The molecule has 0 heterocycles. The van der Waals surface area contributed by atoms with Crippen LogP contribution in [0.15, 0.2) is 4.99 Å². The van der Waals surface area contributed by atoms with Crippen LogP contribution in [0.2, 0.25) is 0 Å². The van der Waals surface area contributed by atoms with Crippen molar-refractivity contribution < 1.29 is 4.74 Å². The number of nitrogens with two attached hydrogens (primary N) is 1. The molecule has 0 spiro atoms. The van der Waals surface area contributed by atoms with Gasteiger partial charge >= 0.3 is 0 Å². The number of nitrogens with one attached hydrogen (secondary N) is 2. The maximum absolute atomic E-state index is 5.38. The van der Waals surface area contributed by atoms with Gasteiger partial charge in [-0.15, -0.1) is 0 Å². The van der Waals surface area contributed by atoms with Gasteiger partial charge in [0.25, 0.3) is 0 Å². The maximum Gasteiger partial charge on any atom is 0.205 e. The van der Waals surface area contributed by atoms with Gasteiger partial charge in [0, 0.05) is 32.1 Å². The zero-order valence-electron chi connectivity index (χ0n) is 10.5. The van der Waals surface area contributed by atoms with Crippen molar-refractivity contribution in [3.05, 3.63) is 0 Å². The normalized spacial score (nSPS) is 13.6. The highest BCUT2D eigenvalue weighted by Crippen LogP contribution is 2.00. The Morgan fingerprint density at radius 3 is 2.88 bits per heavy atom. The smallest absolute Gasteiger partial charge is 0.205 e. The summed E-state index contributed by atoms with van der Waals surface area (Å²) in [4.78, 5) is 4.31. The molecule has 0 fully saturated rings. The number of nitrogens with zero attached hydrogens (tertiary/aromatic N) is 1. The molecule has 0 aromatic heterocycles. The van der Waals surface area contributed by atoms with Crippen LogP contribution in [-0.4, -0.2) is 43.8 Å². The Kier molecular flexibility index (Phi) is 10.7. The van der Waals surface area contributed by atoms with Crippen molar-refractivity contribution in [1.29, 1.82) is 0 Å². The molecular weight excluding hydrogens is 224 g/mol. The van der Waals surface area contributed by atoms with E-state index in [-0.39, 0.29) is 0 Å². The fraction of sp³-hybridized carbons (Fsp3) is 0.900. The molecule has 6 heteroatoms. The second kappa shape index (κ2) is 11.0. The first-order chi connectivity index (χ1) is 7.74. The quantitative estimate of drug-likeness (QED) is 0.193. The Morgan fingerprint density at radius 2 is 2.31 bits per heavy atom. The molecule has 0 aliphatic carbocycles. The predicted octanol–water partition coefficient (Wildman–Crippen LogP) is 0.573. The molecule has 0 aromatic rings. The number of ether oxygens (including phenoxy) is 1. The van der Waals surface area contributed by atoms with E-state index in [1.807, 2.05) is 11.8 Å². The summed E-state index contributed by atoms with van der Waals surface area (Å²) in [6.07, 6.45) is 0.904. The molecule has 1 atom stereocenters. The molecule has 0 rings (SSSR count). The third-order valence-corrected chi connectivity index (χ3v) is 3.01. The average molecular weight is 248 g/mol. The summed E-state index contributed by atoms with van der Waals surface area (Å²) in [5.41, 5.74) is 2.58. The van der Waals surface area contributed by atoms with Crippen LogP contribution in [0.4, 0.5) is 0 Å². The highest BCUT2D eigenvalue weighted by atomic mass is 32.2. The van der Waals surface area contributed by atoms with Crippen molar-refractivity contribution in [1.82, 2.24) is 10.7 Å². The fourth-order valence-corrected chi connectivity index (χ4v) is 1.77. The summed E-state index contributed by atoms with van der Waals surface area (Å²) in [6.45, 7) is 5.71. The van der Waals surface area contributed by atoms with Crippen LogP contribution < -0.4 is 16.6 Å². The number of methoxy groups -OCH3 is 1. The van der Waals surface area contributed by atoms with Gasteiger partial charge in [-0.1, -0.05) is 6.92 Å². The standard InChI is InChI=1S/C10H24N4OS/c1-4-16-8-9(2)13-10(14-11)12-6-5-7-15-3/h9H,4-8,11H2,1-3H3,(H2,12,13,14). The van der Waals surface area contributed by atoms with Crippen LogP contribution in [-0.2, 0) is 4.74 Å². The van der Waals surface area contributed by atoms with Gasteiger partial charge in [-0.05, 0) is 19.1 Å². The maximum atomic E-state index is 5.38. The summed E-state index contributed by atoms with van der Waals surface area (Å²) in [7, 11) is 1.69. The molecule has 0 aromatic carbocycles. The molecule has 0 radical (unpaired) electrons. The van der Waals surface area contributed by atoms with Crippen LogP contribution >= 0.6 is 11.8 Å². The van der Waals surface area contributed by atoms with Crippen molar-refractivity contribution in [2.45, 2.75) is 26.3 Å². The predicted molar refractivity (Wildman–Crippen MR) is 71.7 cm³/mol. The topological polar surface area (TPSA) is 71.7 Å². The molecule has 0 saturated carbocycles. The van der Waals surface area contributed by atoms with E-state index in [0.717, 1.165) is 24.5 Å². The Hall–Kier alpha value is -0.460. The van der Waals surface area contributed by atoms with E-state index in [2.05, 4.69) is 29.6 Å². The first-order valence-corrected chi connectivity index (χ1v) is 6.74. The average Bonchev–Trinajstić information content (AvgIpc) is 2.30. The largest absolute Gasteiger partial charge is 0.385 e. The highest BCUT2D eigenvalue weighted by Gasteiger charge is 2.03. The van der Waals surface area contributed by atoms with Gasteiger partial charge in [0.05, 0.1) is 0 Å². The zero-order valence-corrected chi connectivity index (χ0v) is 11.3. The lowest BCUT2D eigenvalue weighted by molar-refractivity contribution is 0.197. The van der Waals surface area contributed by atoms with Crippen molar-refractivity contribution in [3.63, 3.8) is 0 Å². The Labute approximate surface area is 103 Å². The second-order valence-electron chi connectivity index (χ2n) is 3.43. The molecular formula is C10H24N4OS. The van der Waals surface area contributed by atoms with Gasteiger partial charge in [0.1, 0.15) is 0 Å². The number of hydrazine groups is 1. The minimum atomic E-state index is 0.363. The van der Waals surface area contributed by atoms with Crippen LogP contribution in [0.3, 0.4) is 0 Å². The number of rotatable bonds is 8. The molecule has 4 N–H and O–H groups in total. The van der Waals surface area contributed by atoms with E-state index in [9.17, 15) is 0 Å². The lowest BCUT2D eigenvalue weighted by Gasteiger charge is -2.15. The van der Waals surface area contributed by atoms with Gasteiger partial charge in [0.15, 0.2) is 0 Å². The van der Waals surface area contributed by atoms with Gasteiger partial charge in [-0.3, -0.25) is 10.4 Å². The number of aliphatic imine (C=N–C) groups is 1. The third-order valence-electron chi connectivity index (χ3n) is 1.87. The van der Waals surface area contributed by atoms with Gasteiger partial charge in [0.2, 0.25) is 5.96 Å². The number of thioether (sulfide) groups is 1. The minimum Gasteiger partial charge on any atom is -0.385 e. The minimum absolute atomic E-state index is 0.363. The van der Waals surface area contributed by atoms with E-state index in [1.165, 1.54) is 0 Å². The summed E-state index contributed by atoms with van der Waals surface area (Å²) in [5, 5.41) is 3.23. The Balaban J connectivity index is 3.79. The van der Waals surface area contributed by atoms with Crippen molar-refractivity contribution in [2.24, 2.45) is 10.8 Å².